The first-order chi connectivity index (χ1) is 9.63. The van der Waals surface area contributed by atoms with Crippen LogP contribution in [0, 0.1) is 18.8 Å². The molecule has 0 heterocycles. The van der Waals surface area contributed by atoms with Crippen LogP contribution < -0.4 is 11.3 Å². The van der Waals surface area contributed by atoms with Crippen molar-refractivity contribution in [1.82, 2.24) is 5.43 Å². The Balaban J connectivity index is 2.04. The maximum Gasteiger partial charge on any atom is 0.0441 e. The van der Waals surface area contributed by atoms with Gasteiger partial charge in [-0.2, -0.15) is 0 Å². The molecular formula is C17H27ClN2. The van der Waals surface area contributed by atoms with E-state index in [0.717, 1.165) is 17.4 Å². The van der Waals surface area contributed by atoms with Gasteiger partial charge in [0, 0.05) is 11.1 Å². The molecule has 2 rings (SSSR count). The Bertz CT molecular complexity index is 433. The fraction of sp³-hybridized carbons (Fsp3) is 0.647. The van der Waals surface area contributed by atoms with Crippen molar-refractivity contribution in [2.24, 2.45) is 17.7 Å². The largest absolute Gasteiger partial charge is 0.271 e. The summed E-state index contributed by atoms with van der Waals surface area (Å²) in [5, 5.41) is 0.869. The van der Waals surface area contributed by atoms with Crippen LogP contribution in [0.3, 0.4) is 0 Å². The minimum Gasteiger partial charge on any atom is -0.271 e. The summed E-state index contributed by atoms with van der Waals surface area (Å²) < 4.78 is 0. The molecule has 1 aliphatic carbocycles. The number of nitrogens with one attached hydrogen (secondary N) is 1. The van der Waals surface area contributed by atoms with Gasteiger partial charge in [-0.05, 0) is 55.2 Å². The summed E-state index contributed by atoms with van der Waals surface area (Å²) in [6.45, 7) is 4.37. The van der Waals surface area contributed by atoms with Crippen LogP contribution >= 0.6 is 11.6 Å². The van der Waals surface area contributed by atoms with Crippen LogP contribution in [-0.2, 0) is 6.42 Å². The summed E-state index contributed by atoms with van der Waals surface area (Å²) in [7, 11) is 0. The molecule has 1 saturated carbocycles. The molecule has 0 bridgehead atoms. The maximum atomic E-state index is 6.36. The molecular weight excluding hydrogens is 268 g/mol. The lowest BCUT2D eigenvalue weighted by Crippen LogP contribution is -2.44. The van der Waals surface area contributed by atoms with Gasteiger partial charge in [0.15, 0.2) is 0 Å². The number of rotatable bonds is 5. The number of hydrogen-bond acceptors (Lipinski definition) is 2. The molecule has 1 aromatic carbocycles. The summed E-state index contributed by atoms with van der Waals surface area (Å²) in [6, 6.07) is 6.65. The molecule has 0 aliphatic heterocycles. The Morgan fingerprint density at radius 3 is 2.85 bits per heavy atom. The number of hydrogen-bond donors (Lipinski definition) is 2. The average Bonchev–Trinajstić information content (AvgIpc) is 2.46. The van der Waals surface area contributed by atoms with Gasteiger partial charge in [-0.25, -0.2) is 0 Å². The predicted molar refractivity (Wildman–Crippen MR) is 86.7 cm³/mol. The van der Waals surface area contributed by atoms with Gasteiger partial charge < -0.3 is 0 Å². The highest BCUT2D eigenvalue weighted by Gasteiger charge is 2.27. The highest BCUT2D eigenvalue weighted by atomic mass is 35.5. The molecule has 1 fully saturated rings. The molecule has 3 atom stereocenters. The third-order valence-corrected chi connectivity index (χ3v) is 5.18. The van der Waals surface area contributed by atoms with Crippen LogP contribution in [0.1, 0.15) is 50.2 Å². The Labute approximate surface area is 128 Å². The van der Waals surface area contributed by atoms with Gasteiger partial charge in [0.2, 0.25) is 0 Å². The molecule has 0 saturated heterocycles. The van der Waals surface area contributed by atoms with Crippen molar-refractivity contribution in [3.8, 4) is 0 Å². The van der Waals surface area contributed by atoms with Gasteiger partial charge in [-0.3, -0.25) is 11.3 Å². The molecule has 3 unspecified atom stereocenters. The van der Waals surface area contributed by atoms with E-state index >= 15 is 0 Å². The maximum absolute atomic E-state index is 6.36. The van der Waals surface area contributed by atoms with Crippen LogP contribution in [0.15, 0.2) is 18.2 Å². The van der Waals surface area contributed by atoms with Crippen LogP contribution in [0.5, 0.6) is 0 Å². The summed E-state index contributed by atoms with van der Waals surface area (Å²) >= 11 is 6.36. The lowest BCUT2D eigenvalue weighted by Gasteiger charge is -2.34. The van der Waals surface area contributed by atoms with Gasteiger partial charge in [-0.1, -0.05) is 49.9 Å². The van der Waals surface area contributed by atoms with E-state index < -0.39 is 0 Å². The Kier molecular flexibility index (Phi) is 5.88. The minimum atomic E-state index is 0.338. The van der Waals surface area contributed by atoms with Crippen molar-refractivity contribution < 1.29 is 0 Å². The monoisotopic (exact) mass is 294 g/mol. The molecule has 1 aromatic rings. The van der Waals surface area contributed by atoms with Crippen molar-refractivity contribution in [2.75, 3.05) is 0 Å². The van der Waals surface area contributed by atoms with Crippen LogP contribution in [0.2, 0.25) is 5.02 Å². The Morgan fingerprint density at radius 2 is 2.20 bits per heavy atom. The third kappa shape index (κ3) is 3.97. The Hall–Kier alpha value is -0.570. The second-order valence-corrected chi connectivity index (χ2v) is 6.68. The molecule has 0 aromatic heterocycles. The van der Waals surface area contributed by atoms with E-state index in [1.807, 2.05) is 6.07 Å². The minimum absolute atomic E-state index is 0.338. The normalized spacial score (nSPS) is 24.6. The van der Waals surface area contributed by atoms with E-state index in [1.54, 1.807) is 0 Å². The standard InChI is InChI=1S/C17H27ClN2/c1-3-13-5-4-6-15(10-13)17(20-19)11-14-8-7-12(2)9-16(14)18/h7-9,13,15,17,20H,3-6,10-11,19H2,1-2H3. The molecule has 20 heavy (non-hydrogen) atoms. The number of hydrazine groups is 1. The summed E-state index contributed by atoms with van der Waals surface area (Å²) in [6.07, 6.45) is 7.53. The molecule has 112 valence electrons. The van der Waals surface area contributed by atoms with E-state index in [2.05, 4.69) is 31.4 Å². The zero-order valence-electron chi connectivity index (χ0n) is 12.7. The van der Waals surface area contributed by atoms with Gasteiger partial charge in [0.25, 0.3) is 0 Å². The molecule has 3 N–H and O–H groups in total. The first-order valence-electron chi connectivity index (χ1n) is 7.85. The van der Waals surface area contributed by atoms with E-state index in [1.165, 1.54) is 43.2 Å². The van der Waals surface area contributed by atoms with E-state index in [9.17, 15) is 0 Å². The van der Waals surface area contributed by atoms with E-state index in [-0.39, 0.29) is 0 Å². The van der Waals surface area contributed by atoms with Crippen molar-refractivity contribution in [2.45, 2.75) is 58.4 Å². The topological polar surface area (TPSA) is 38.0 Å². The average molecular weight is 295 g/mol. The van der Waals surface area contributed by atoms with Crippen molar-refractivity contribution in [1.29, 1.82) is 0 Å². The summed E-state index contributed by atoms with van der Waals surface area (Å²) in [4.78, 5) is 0. The van der Waals surface area contributed by atoms with Crippen LogP contribution in [-0.4, -0.2) is 6.04 Å². The Morgan fingerprint density at radius 1 is 1.40 bits per heavy atom. The van der Waals surface area contributed by atoms with Gasteiger partial charge >= 0.3 is 0 Å². The van der Waals surface area contributed by atoms with Crippen molar-refractivity contribution >= 4 is 11.6 Å². The van der Waals surface area contributed by atoms with E-state index in [0.29, 0.717) is 12.0 Å². The van der Waals surface area contributed by atoms with Crippen molar-refractivity contribution in [3.05, 3.63) is 34.3 Å². The highest BCUT2D eigenvalue weighted by Crippen LogP contribution is 2.34. The molecule has 0 spiro atoms. The zero-order valence-corrected chi connectivity index (χ0v) is 13.4. The highest BCUT2D eigenvalue weighted by molar-refractivity contribution is 6.31. The molecule has 3 heteroatoms. The molecule has 0 radical (unpaired) electrons. The number of aryl methyl sites for hydroxylation is 1. The molecule has 2 nitrogen and oxygen atoms in total. The smallest absolute Gasteiger partial charge is 0.0441 e. The van der Waals surface area contributed by atoms with Crippen LogP contribution in [0.4, 0.5) is 0 Å². The van der Waals surface area contributed by atoms with E-state index in [4.69, 9.17) is 17.4 Å². The SMILES string of the molecule is CCC1CCCC(C(Cc2ccc(C)cc2Cl)NN)C1. The fourth-order valence-electron chi connectivity index (χ4n) is 3.49. The second kappa shape index (κ2) is 7.44. The fourth-order valence-corrected chi connectivity index (χ4v) is 3.80. The second-order valence-electron chi connectivity index (χ2n) is 6.27. The first-order valence-corrected chi connectivity index (χ1v) is 8.23. The van der Waals surface area contributed by atoms with Gasteiger partial charge in [-0.15, -0.1) is 0 Å². The quantitative estimate of drug-likeness (QED) is 0.630. The first kappa shape index (κ1) is 15.8. The number of benzene rings is 1. The number of halogens is 1. The lowest BCUT2D eigenvalue weighted by atomic mass is 9.75. The number of nitrogens with two attached hydrogens (primary N) is 1. The van der Waals surface area contributed by atoms with Gasteiger partial charge in [0.1, 0.15) is 0 Å². The zero-order chi connectivity index (χ0) is 14.5. The predicted octanol–water partition coefficient (Wildman–Crippen LogP) is 4.24. The van der Waals surface area contributed by atoms with Crippen molar-refractivity contribution in [3.63, 3.8) is 0 Å². The third-order valence-electron chi connectivity index (χ3n) is 4.83. The summed E-state index contributed by atoms with van der Waals surface area (Å²) in [5.74, 6) is 7.38. The molecule has 0 amide bonds. The lowest BCUT2D eigenvalue weighted by molar-refractivity contribution is 0.208. The molecule has 1 aliphatic rings. The van der Waals surface area contributed by atoms with Gasteiger partial charge in [0.05, 0.1) is 0 Å². The van der Waals surface area contributed by atoms with Crippen LogP contribution in [0.25, 0.3) is 0 Å². The summed E-state index contributed by atoms with van der Waals surface area (Å²) in [5.41, 5.74) is 5.46.